The van der Waals surface area contributed by atoms with Crippen molar-refractivity contribution in [2.45, 2.75) is 33.4 Å². The number of hydrogen-bond donors (Lipinski definition) is 2. The molecule has 0 heterocycles. The Kier molecular flexibility index (Phi) is 6.76. The van der Waals surface area contributed by atoms with Gasteiger partial charge in [-0.3, -0.25) is 4.99 Å². The van der Waals surface area contributed by atoms with Crippen molar-refractivity contribution in [3.05, 3.63) is 29.3 Å². The Labute approximate surface area is 118 Å². The van der Waals surface area contributed by atoms with Crippen LogP contribution in [0.25, 0.3) is 0 Å². The minimum absolute atomic E-state index is 0.184. The summed E-state index contributed by atoms with van der Waals surface area (Å²) in [6.07, 6.45) is 0.977. The number of halogens is 2. The fraction of sp³-hybridized carbons (Fsp3) is 0.500. The van der Waals surface area contributed by atoms with Crippen LogP contribution in [-0.2, 0) is 6.54 Å². The fourth-order valence-corrected chi connectivity index (χ4v) is 1.70. The molecular formula is C14H21F2N3O. The molecule has 0 bridgehead atoms. The van der Waals surface area contributed by atoms with Crippen LogP contribution in [0.4, 0.5) is 8.78 Å². The number of nitrogens with one attached hydrogen (secondary N) is 2. The minimum atomic E-state index is -2.83. The second-order valence-corrected chi connectivity index (χ2v) is 4.34. The number of nitrogens with zero attached hydrogens (tertiary/aromatic N) is 1. The van der Waals surface area contributed by atoms with Gasteiger partial charge < -0.3 is 15.4 Å². The van der Waals surface area contributed by atoms with Gasteiger partial charge in [0.15, 0.2) is 5.96 Å². The number of ether oxygens (including phenoxy) is 1. The number of alkyl halides is 2. The van der Waals surface area contributed by atoms with Gasteiger partial charge in [0, 0.05) is 25.7 Å². The van der Waals surface area contributed by atoms with E-state index in [4.69, 9.17) is 0 Å². The summed E-state index contributed by atoms with van der Waals surface area (Å²) < 4.78 is 29.2. The summed E-state index contributed by atoms with van der Waals surface area (Å²) in [5.74, 6) is 0.820. The Morgan fingerprint density at radius 1 is 1.35 bits per heavy atom. The van der Waals surface area contributed by atoms with Gasteiger partial charge in [-0.15, -0.1) is 0 Å². The van der Waals surface area contributed by atoms with Gasteiger partial charge in [0.2, 0.25) is 0 Å². The van der Waals surface area contributed by atoms with Crippen LogP contribution in [0.2, 0.25) is 0 Å². The van der Waals surface area contributed by atoms with E-state index >= 15 is 0 Å². The van der Waals surface area contributed by atoms with Gasteiger partial charge in [0.25, 0.3) is 0 Å². The van der Waals surface area contributed by atoms with Gasteiger partial charge in [-0.1, -0.05) is 24.6 Å². The molecule has 2 N–H and O–H groups in total. The molecule has 0 unspecified atom stereocenters. The van der Waals surface area contributed by atoms with Crippen molar-refractivity contribution in [2.24, 2.45) is 4.99 Å². The first-order chi connectivity index (χ1) is 9.56. The molecule has 6 heteroatoms. The van der Waals surface area contributed by atoms with Gasteiger partial charge in [0.05, 0.1) is 0 Å². The average molecular weight is 285 g/mol. The van der Waals surface area contributed by atoms with Crippen LogP contribution in [0, 0.1) is 6.92 Å². The van der Waals surface area contributed by atoms with E-state index in [9.17, 15) is 8.78 Å². The Bertz CT molecular complexity index is 450. The zero-order chi connectivity index (χ0) is 15.0. The van der Waals surface area contributed by atoms with Crippen molar-refractivity contribution in [3.63, 3.8) is 0 Å². The lowest BCUT2D eigenvalue weighted by atomic mass is 10.1. The largest absolute Gasteiger partial charge is 0.434 e. The maximum Gasteiger partial charge on any atom is 0.387 e. The van der Waals surface area contributed by atoms with E-state index in [-0.39, 0.29) is 5.75 Å². The highest BCUT2D eigenvalue weighted by Gasteiger charge is 2.10. The van der Waals surface area contributed by atoms with E-state index in [0.717, 1.165) is 18.5 Å². The van der Waals surface area contributed by atoms with E-state index in [1.54, 1.807) is 19.2 Å². The quantitative estimate of drug-likeness (QED) is 0.624. The van der Waals surface area contributed by atoms with Crippen LogP contribution in [0.5, 0.6) is 5.75 Å². The first kappa shape index (κ1) is 16.2. The third kappa shape index (κ3) is 5.42. The van der Waals surface area contributed by atoms with Gasteiger partial charge >= 0.3 is 6.61 Å². The van der Waals surface area contributed by atoms with E-state index in [0.29, 0.717) is 18.1 Å². The summed E-state index contributed by atoms with van der Waals surface area (Å²) in [4.78, 5) is 4.06. The summed E-state index contributed by atoms with van der Waals surface area (Å²) in [6, 6.07) is 5.12. The van der Waals surface area contributed by atoms with Gasteiger partial charge in [-0.2, -0.15) is 8.78 Å². The van der Waals surface area contributed by atoms with Crippen molar-refractivity contribution in [1.29, 1.82) is 0 Å². The number of hydrogen-bond acceptors (Lipinski definition) is 2. The maximum atomic E-state index is 12.4. The predicted octanol–water partition coefficient (Wildman–Crippen LogP) is 2.67. The van der Waals surface area contributed by atoms with Crippen molar-refractivity contribution in [3.8, 4) is 5.75 Å². The molecule has 0 aromatic heterocycles. The first-order valence-electron chi connectivity index (χ1n) is 6.55. The minimum Gasteiger partial charge on any atom is -0.434 e. The molecule has 1 rings (SSSR count). The molecule has 1 aromatic rings. The third-order valence-corrected chi connectivity index (χ3v) is 2.64. The molecule has 20 heavy (non-hydrogen) atoms. The SMILES string of the molecule is CCCNC(=NC)NCc1cc(C)ccc1OC(F)F. The zero-order valence-corrected chi connectivity index (χ0v) is 12.0. The van der Waals surface area contributed by atoms with Crippen molar-refractivity contribution in [1.82, 2.24) is 10.6 Å². The second kappa shape index (κ2) is 8.35. The Morgan fingerprint density at radius 3 is 2.70 bits per heavy atom. The fourth-order valence-electron chi connectivity index (χ4n) is 1.70. The van der Waals surface area contributed by atoms with Crippen molar-refractivity contribution in [2.75, 3.05) is 13.6 Å². The lowest BCUT2D eigenvalue weighted by Crippen LogP contribution is -2.37. The molecule has 4 nitrogen and oxygen atoms in total. The van der Waals surface area contributed by atoms with Gasteiger partial charge in [0.1, 0.15) is 5.75 Å². The van der Waals surface area contributed by atoms with Crippen molar-refractivity contribution >= 4 is 5.96 Å². The number of guanidine groups is 1. The third-order valence-electron chi connectivity index (χ3n) is 2.64. The maximum absolute atomic E-state index is 12.4. The highest BCUT2D eigenvalue weighted by Crippen LogP contribution is 2.21. The van der Waals surface area contributed by atoms with E-state index in [1.165, 1.54) is 0 Å². The van der Waals surface area contributed by atoms with Crippen LogP contribution in [-0.4, -0.2) is 26.2 Å². The molecule has 0 saturated heterocycles. The van der Waals surface area contributed by atoms with Crippen LogP contribution in [0.3, 0.4) is 0 Å². The summed E-state index contributed by atoms with van der Waals surface area (Å²) >= 11 is 0. The summed E-state index contributed by atoms with van der Waals surface area (Å²) in [5.41, 5.74) is 1.66. The first-order valence-corrected chi connectivity index (χ1v) is 6.55. The zero-order valence-electron chi connectivity index (χ0n) is 12.0. The standard InChI is InChI=1S/C14H21F2N3O/c1-4-7-18-14(17-3)19-9-11-8-10(2)5-6-12(11)20-13(15)16/h5-6,8,13H,4,7,9H2,1-3H3,(H2,17,18,19). The van der Waals surface area contributed by atoms with Crippen LogP contribution < -0.4 is 15.4 Å². The molecule has 0 aliphatic rings. The van der Waals surface area contributed by atoms with E-state index < -0.39 is 6.61 Å². The monoisotopic (exact) mass is 285 g/mol. The molecule has 0 radical (unpaired) electrons. The number of benzene rings is 1. The van der Waals surface area contributed by atoms with Crippen LogP contribution in [0.1, 0.15) is 24.5 Å². The lowest BCUT2D eigenvalue weighted by molar-refractivity contribution is -0.0504. The molecule has 0 spiro atoms. The highest BCUT2D eigenvalue weighted by molar-refractivity contribution is 5.79. The smallest absolute Gasteiger partial charge is 0.387 e. The molecule has 1 aromatic carbocycles. The predicted molar refractivity (Wildman–Crippen MR) is 76.3 cm³/mol. The Hall–Kier alpha value is -1.85. The van der Waals surface area contributed by atoms with Crippen LogP contribution >= 0.6 is 0 Å². The van der Waals surface area contributed by atoms with E-state index in [2.05, 4.69) is 27.3 Å². The summed E-state index contributed by atoms with van der Waals surface area (Å²) in [5, 5.41) is 6.19. The normalized spacial score (nSPS) is 11.6. The lowest BCUT2D eigenvalue weighted by Gasteiger charge is -2.14. The molecule has 112 valence electrons. The molecule has 0 saturated carbocycles. The van der Waals surface area contributed by atoms with Gasteiger partial charge in [-0.05, 0) is 19.4 Å². The topological polar surface area (TPSA) is 45.7 Å². The van der Waals surface area contributed by atoms with Crippen LogP contribution in [0.15, 0.2) is 23.2 Å². The summed E-state index contributed by atoms with van der Waals surface area (Å²) in [6.45, 7) is 2.30. The number of aliphatic imine (C=N–C) groups is 1. The number of rotatable bonds is 6. The summed E-state index contributed by atoms with van der Waals surface area (Å²) in [7, 11) is 1.66. The van der Waals surface area contributed by atoms with Gasteiger partial charge in [-0.25, -0.2) is 0 Å². The molecule has 0 amide bonds. The molecule has 0 aliphatic heterocycles. The van der Waals surface area contributed by atoms with E-state index in [1.807, 2.05) is 13.0 Å². The molecule has 0 fully saturated rings. The second-order valence-electron chi connectivity index (χ2n) is 4.34. The molecular weight excluding hydrogens is 264 g/mol. The van der Waals surface area contributed by atoms with Crippen molar-refractivity contribution < 1.29 is 13.5 Å². The number of aryl methyl sites for hydroxylation is 1. The highest BCUT2D eigenvalue weighted by atomic mass is 19.3. The average Bonchev–Trinajstić information content (AvgIpc) is 2.41. The Balaban J connectivity index is 2.72. The molecule has 0 atom stereocenters. The Morgan fingerprint density at radius 2 is 2.10 bits per heavy atom. The molecule has 0 aliphatic carbocycles.